The molecule has 20 heavy (non-hydrogen) atoms. The van der Waals surface area contributed by atoms with Crippen molar-refractivity contribution in [2.75, 3.05) is 0 Å². The molecule has 1 unspecified atom stereocenters. The molecule has 1 amide bonds. The number of hydrogen-bond donors (Lipinski definition) is 1. The van der Waals surface area contributed by atoms with E-state index in [9.17, 15) is 4.79 Å². The van der Waals surface area contributed by atoms with Gasteiger partial charge >= 0.3 is 0 Å². The van der Waals surface area contributed by atoms with E-state index in [0.717, 1.165) is 4.88 Å². The minimum atomic E-state index is -0.0147. The van der Waals surface area contributed by atoms with Crippen LogP contribution >= 0.6 is 11.3 Å². The van der Waals surface area contributed by atoms with Crippen LogP contribution in [0.4, 0.5) is 0 Å². The molecule has 1 fully saturated rings. The monoisotopic (exact) mass is 283 g/mol. The average Bonchev–Trinajstić information content (AvgIpc) is 3.19. The fourth-order valence-electron chi connectivity index (χ4n) is 2.31. The third kappa shape index (κ3) is 3.36. The molecule has 0 bridgehead atoms. The highest BCUT2D eigenvalue weighted by Crippen LogP contribution is 2.40. The molecular weight excluding hydrogens is 266 g/mol. The van der Waals surface area contributed by atoms with Gasteiger partial charge in [0.05, 0.1) is 6.04 Å². The van der Waals surface area contributed by atoms with Gasteiger partial charge in [0.15, 0.2) is 0 Å². The lowest BCUT2D eigenvalue weighted by Gasteiger charge is -2.17. The molecule has 0 spiro atoms. The molecule has 1 saturated carbocycles. The van der Waals surface area contributed by atoms with Crippen LogP contribution in [-0.2, 0) is 4.79 Å². The van der Waals surface area contributed by atoms with E-state index >= 15 is 0 Å². The first-order valence-corrected chi connectivity index (χ1v) is 7.78. The number of benzene rings is 1. The highest BCUT2D eigenvalue weighted by Gasteiger charge is 2.32. The molecule has 2 aromatic rings. The zero-order valence-electron chi connectivity index (χ0n) is 11.2. The van der Waals surface area contributed by atoms with E-state index < -0.39 is 0 Å². The molecule has 1 atom stereocenters. The summed E-state index contributed by atoms with van der Waals surface area (Å²) in [7, 11) is 0. The number of hydrogen-bond acceptors (Lipinski definition) is 2. The molecule has 1 aliphatic carbocycles. The Morgan fingerprint density at radius 2 is 2.00 bits per heavy atom. The summed E-state index contributed by atoms with van der Waals surface area (Å²) in [5.41, 5.74) is 1.20. The smallest absolute Gasteiger partial charge is 0.244 e. The van der Waals surface area contributed by atoms with Gasteiger partial charge < -0.3 is 5.32 Å². The number of amides is 1. The minimum absolute atomic E-state index is 0.0147. The zero-order chi connectivity index (χ0) is 13.8. The summed E-state index contributed by atoms with van der Waals surface area (Å²) in [4.78, 5) is 13.2. The fraction of sp³-hybridized carbons (Fsp3) is 0.235. The van der Waals surface area contributed by atoms with Gasteiger partial charge in [0.2, 0.25) is 5.91 Å². The lowest BCUT2D eigenvalue weighted by molar-refractivity contribution is -0.117. The van der Waals surface area contributed by atoms with Crippen molar-refractivity contribution < 1.29 is 4.79 Å². The number of thiophene rings is 1. The number of carbonyl (C=O) groups excluding carboxylic acids is 1. The van der Waals surface area contributed by atoms with Crippen molar-refractivity contribution >= 4 is 23.3 Å². The van der Waals surface area contributed by atoms with Crippen molar-refractivity contribution in [1.82, 2.24) is 5.32 Å². The molecule has 1 aliphatic rings. The number of rotatable bonds is 5. The standard InChI is InChI=1S/C17H17NOS/c19-16(11-10-15-7-4-12-20-15)18-17(14-8-9-14)13-5-2-1-3-6-13/h1-7,10-12,14,17H,8-9H2,(H,18,19)/b11-10+. The predicted molar refractivity (Wildman–Crippen MR) is 83.4 cm³/mol. The van der Waals surface area contributed by atoms with Gasteiger partial charge in [0.1, 0.15) is 0 Å². The lowest BCUT2D eigenvalue weighted by Crippen LogP contribution is -2.28. The normalized spacial score (nSPS) is 16.2. The van der Waals surface area contributed by atoms with Crippen LogP contribution < -0.4 is 5.32 Å². The van der Waals surface area contributed by atoms with Gasteiger partial charge in [-0.2, -0.15) is 0 Å². The Bertz CT molecular complexity index is 585. The molecule has 3 rings (SSSR count). The molecule has 3 heteroatoms. The van der Waals surface area contributed by atoms with Gasteiger partial charge in [0.25, 0.3) is 0 Å². The molecule has 1 aromatic carbocycles. The molecule has 1 aromatic heterocycles. The molecule has 0 aliphatic heterocycles. The van der Waals surface area contributed by atoms with Gasteiger partial charge in [0, 0.05) is 11.0 Å². The van der Waals surface area contributed by atoms with Gasteiger partial charge in [-0.1, -0.05) is 36.4 Å². The van der Waals surface area contributed by atoms with Crippen molar-refractivity contribution in [3.63, 3.8) is 0 Å². The summed E-state index contributed by atoms with van der Waals surface area (Å²) < 4.78 is 0. The number of nitrogens with one attached hydrogen (secondary N) is 1. The largest absolute Gasteiger partial charge is 0.345 e. The molecule has 1 heterocycles. The lowest BCUT2D eigenvalue weighted by atomic mass is 10.0. The van der Waals surface area contributed by atoms with Crippen molar-refractivity contribution in [2.45, 2.75) is 18.9 Å². The van der Waals surface area contributed by atoms with Gasteiger partial charge in [-0.3, -0.25) is 4.79 Å². The van der Waals surface area contributed by atoms with Crippen LogP contribution in [0.5, 0.6) is 0 Å². The summed E-state index contributed by atoms with van der Waals surface area (Å²) in [6.07, 6.45) is 5.90. The van der Waals surface area contributed by atoms with Crippen LogP contribution in [0.1, 0.15) is 29.3 Å². The average molecular weight is 283 g/mol. The third-order valence-electron chi connectivity index (χ3n) is 3.49. The molecule has 0 saturated heterocycles. The van der Waals surface area contributed by atoms with E-state index in [4.69, 9.17) is 0 Å². The molecular formula is C17H17NOS. The maximum Gasteiger partial charge on any atom is 0.244 e. The first-order valence-electron chi connectivity index (χ1n) is 6.90. The van der Waals surface area contributed by atoms with E-state index in [1.165, 1.54) is 18.4 Å². The second kappa shape index (κ2) is 6.06. The highest BCUT2D eigenvalue weighted by atomic mass is 32.1. The number of carbonyl (C=O) groups is 1. The summed E-state index contributed by atoms with van der Waals surface area (Å²) >= 11 is 1.63. The van der Waals surface area contributed by atoms with Crippen LogP contribution in [0.3, 0.4) is 0 Å². The van der Waals surface area contributed by atoms with Crippen molar-refractivity contribution in [3.05, 3.63) is 64.4 Å². The van der Waals surface area contributed by atoms with Crippen molar-refractivity contribution in [2.24, 2.45) is 5.92 Å². The van der Waals surface area contributed by atoms with Crippen LogP contribution in [0.15, 0.2) is 53.9 Å². The van der Waals surface area contributed by atoms with Crippen LogP contribution in [0.25, 0.3) is 6.08 Å². The molecule has 0 radical (unpaired) electrons. The highest BCUT2D eigenvalue weighted by molar-refractivity contribution is 7.10. The Kier molecular flexibility index (Phi) is 3.97. The van der Waals surface area contributed by atoms with E-state index in [0.29, 0.717) is 5.92 Å². The van der Waals surface area contributed by atoms with Crippen molar-refractivity contribution in [1.29, 1.82) is 0 Å². The zero-order valence-corrected chi connectivity index (χ0v) is 12.0. The maximum absolute atomic E-state index is 12.1. The van der Waals surface area contributed by atoms with Gasteiger partial charge in [-0.15, -0.1) is 11.3 Å². The van der Waals surface area contributed by atoms with E-state index in [-0.39, 0.29) is 11.9 Å². The van der Waals surface area contributed by atoms with E-state index in [1.807, 2.05) is 41.8 Å². The maximum atomic E-state index is 12.1. The Hall–Kier alpha value is -1.87. The van der Waals surface area contributed by atoms with E-state index in [2.05, 4.69) is 17.4 Å². The van der Waals surface area contributed by atoms with Crippen molar-refractivity contribution in [3.8, 4) is 0 Å². The Morgan fingerprint density at radius 1 is 1.20 bits per heavy atom. The predicted octanol–water partition coefficient (Wildman–Crippen LogP) is 4.03. The van der Waals surface area contributed by atoms with Crippen LogP contribution in [-0.4, -0.2) is 5.91 Å². The van der Waals surface area contributed by atoms with Crippen LogP contribution in [0, 0.1) is 5.92 Å². The Labute approximate surface area is 123 Å². The SMILES string of the molecule is O=C(/C=C/c1cccs1)NC(c1ccccc1)C1CC1. The van der Waals surface area contributed by atoms with Crippen LogP contribution in [0.2, 0.25) is 0 Å². The quantitative estimate of drug-likeness (QED) is 0.825. The summed E-state index contributed by atoms with van der Waals surface area (Å²) in [6.45, 7) is 0. The van der Waals surface area contributed by atoms with Gasteiger partial charge in [-0.05, 0) is 41.8 Å². The molecule has 1 N–H and O–H groups in total. The molecule has 2 nitrogen and oxygen atoms in total. The first-order chi connectivity index (χ1) is 9.83. The molecule has 102 valence electrons. The summed E-state index contributed by atoms with van der Waals surface area (Å²) in [5, 5.41) is 5.15. The fourth-order valence-corrected chi connectivity index (χ4v) is 2.93. The minimum Gasteiger partial charge on any atom is -0.345 e. The summed E-state index contributed by atoms with van der Waals surface area (Å²) in [5.74, 6) is 0.579. The second-order valence-electron chi connectivity index (χ2n) is 5.08. The topological polar surface area (TPSA) is 29.1 Å². The van der Waals surface area contributed by atoms with Gasteiger partial charge in [-0.25, -0.2) is 0 Å². The summed E-state index contributed by atoms with van der Waals surface area (Å²) in [6, 6.07) is 14.4. The first kappa shape index (κ1) is 13.1. The Morgan fingerprint density at radius 3 is 2.65 bits per heavy atom. The Balaban J connectivity index is 1.66. The third-order valence-corrected chi connectivity index (χ3v) is 4.33. The second-order valence-corrected chi connectivity index (χ2v) is 6.06. The van der Waals surface area contributed by atoms with E-state index in [1.54, 1.807) is 17.4 Å².